The summed E-state index contributed by atoms with van der Waals surface area (Å²) in [4.78, 5) is 4.14. The van der Waals surface area contributed by atoms with Gasteiger partial charge in [0, 0.05) is 40.0 Å². The Morgan fingerprint density at radius 1 is 0.857 bits per heavy atom. The summed E-state index contributed by atoms with van der Waals surface area (Å²) in [7, 11) is 0. The summed E-state index contributed by atoms with van der Waals surface area (Å²) in [5.41, 5.74) is 1.87. The normalized spacial score (nSPS) is 10.6. The number of pyridine rings is 1. The van der Waals surface area contributed by atoms with Crippen LogP contribution >= 0.6 is 23.2 Å². The fourth-order valence-electron chi connectivity index (χ4n) is 2.64. The van der Waals surface area contributed by atoms with Crippen LogP contribution in [0.2, 0.25) is 10.0 Å². The van der Waals surface area contributed by atoms with Crippen LogP contribution in [0.1, 0.15) is 17.5 Å². The van der Waals surface area contributed by atoms with E-state index in [-0.39, 0.29) is 0 Å². The van der Waals surface area contributed by atoms with Crippen molar-refractivity contribution < 1.29 is 9.47 Å². The lowest BCUT2D eigenvalue weighted by molar-refractivity contribution is 0.294. The highest BCUT2D eigenvalue weighted by atomic mass is 35.5. The Hall–Kier alpha value is -2.27. The Bertz CT molecular complexity index is 855. The molecule has 0 saturated heterocycles. The first kappa shape index (κ1) is 20.5. The predicted octanol–water partition coefficient (Wildman–Crippen LogP) is 5.53. The van der Waals surface area contributed by atoms with Crippen molar-refractivity contribution in [3.63, 3.8) is 0 Å². The Morgan fingerprint density at radius 2 is 1.64 bits per heavy atom. The monoisotopic (exact) mass is 416 g/mol. The second-order valence-electron chi connectivity index (χ2n) is 6.14. The molecule has 1 N–H and O–H groups in total. The number of benzene rings is 2. The Labute approximate surface area is 175 Å². The number of para-hydroxylation sites is 1. The molecule has 4 nitrogen and oxygen atoms in total. The minimum Gasteiger partial charge on any atom is -0.488 e. The standard InChI is InChI=1S/C22H22Cl2N2O2/c23-19-8-5-9-20(24)18(19)16-28-21-10-2-1-7-17(21)15-25-12-6-14-27-22-11-3-4-13-26-22/h1-5,7-11,13,25H,6,12,14-16H2. The third-order valence-corrected chi connectivity index (χ3v) is 4.82. The van der Waals surface area contributed by atoms with E-state index < -0.39 is 0 Å². The van der Waals surface area contributed by atoms with Crippen LogP contribution in [0.25, 0.3) is 0 Å². The van der Waals surface area contributed by atoms with E-state index in [1.165, 1.54) is 0 Å². The number of aromatic nitrogens is 1. The molecule has 28 heavy (non-hydrogen) atoms. The second-order valence-corrected chi connectivity index (χ2v) is 6.96. The molecule has 3 aromatic rings. The van der Waals surface area contributed by atoms with E-state index in [1.54, 1.807) is 6.20 Å². The van der Waals surface area contributed by atoms with Gasteiger partial charge in [0.05, 0.1) is 6.61 Å². The first-order valence-electron chi connectivity index (χ1n) is 9.12. The molecule has 0 amide bonds. The number of hydrogen-bond donors (Lipinski definition) is 1. The van der Waals surface area contributed by atoms with E-state index in [4.69, 9.17) is 32.7 Å². The molecule has 1 aromatic heterocycles. The van der Waals surface area contributed by atoms with Crippen molar-refractivity contribution in [3.8, 4) is 11.6 Å². The minimum atomic E-state index is 0.327. The van der Waals surface area contributed by atoms with E-state index in [0.717, 1.165) is 29.8 Å². The largest absolute Gasteiger partial charge is 0.488 e. The van der Waals surface area contributed by atoms with Gasteiger partial charge in [-0.1, -0.05) is 53.5 Å². The molecule has 0 aliphatic carbocycles. The van der Waals surface area contributed by atoms with Gasteiger partial charge in [0.25, 0.3) is 0 Å². The van der Waals surface area contributed by atoms with Gasteiger partial charge in [-0.25, -0.2) is 4.98 Å². The van der Waals surface area contributed by atoms with E-state index >= 15 is 0 Å². The van der Waals surface area contributed by atoms with Crippen LogP contribution < -0.4 is 14.8 Å². The van der Waals surface area contributed by atoms with Gasteiger partial charge in [-0.05, 0) is 37.2 Å². The van der Waals surface area contributed by atoms with Gasteiger partial charge in [-0.15, -0.1) is 0 Å². The first-order chi connectivity index (χ1) is 13.7. The average molecular weight is 417 g/mol. The van der Waals surface area contributed by atoms with Crippen molar-refractivity contribution in [2.75, 3.05) is 13.2 Å². The molecule has 0 saturated carbocycles. The summed E-state index contributed by atoms with van der Waals surface area (Å²) < 4.78 is 11.6. The third-order valence-electron chi connectivity index (χ3n) is 4.11. The molecule has 2 aromatic carbocycles. The second kappa shape index (κ2) is 10.9. The lowest BCUT2D eigenvalue weighted by Crippen LogP contribution is -2.17. The maximum Gasteiger partial charge on any atom is 0.213 e. The maximum absolute atomic E-state index is 6.22. The molecular weight excluding hydrogens is 395 g/mol. The number of nitrogens with one attached hydrogen (secondary N) is 1. The van der Waals surface area contributed by atoms with Gasteiger partial charge in [0.2, 0.25) is 5.88 Å². The molecule has 1 heterocycles. The van der Waals surface area contributed by atoms with Crippen molar-refractivity contribution in [1.29, 1.82) is 0 Å². The summed E-state index contributed by atoms with van der Waals surface area (Å²) in [6.07, 6.45) is 2.61. The number of hydrogen-bond acceptors (Lipinski definition) is 4. The summed E-state index contributed by atoms with van der Waals surface area (Å²) in [6.45, 7) is 2.48. The third kappa shape index (κ3) is 6.13. The van der Waals surface area contributed by atoms with Crippen LogP contribution in [0.15, 0.2) is 66.9 Å². The zero-order valence-corrected chi connectivity index (χ0v) is 16.9. The molecule has 0 radical (unpaired) electrons. The van der Waals surface area contributed by atoms with Crippen LogP contribution in [0.4, 0.5) is 0 Å². The van der Waals surface area contributed by atoms with Gasteiger partial charge >= 0.3 is 0 Å². The van der Waals surface area contributed by atoms with Gasteiger partial charge in [0.1, 0.15) is 12.4 Å². The predicted molar refractivity (Wildman–Crippen MR) is 113 cm³/mol. The van der Waals surface area contributed by atoms with Crippen molar-refractivity contribution in [3.05, 3.63) is 88.0 Å². The lowest BCUT2D eigenvalue weighted by Gasteiger charge is -2.14. The molecular formula is C22H22Cl2N2O2. The highest BCUT2D eigenvalue weighted by Gasteiger charge is 2.08. The van der Waals surface area contributed by atoms with E-state index in [9.17, 15) is 0 Å². The summed E-state index contributed by atoms with van der Waals surface area (Å²) in [6, 6.07) is 19.0. The minimum absolute atomic E-state index is 0.327. The van der Waals surface area contributed by atoms with Gasteiger partial charge in [0.15, 0.2) is 0 Å². The molecule has 0 unspecified atom stereocenters. The van der Waals surface area contributed by atoms with Crippen LogP contribution in [0, 0.1) is 0 Å². The van der Waals surface area contributed by atoms with Crippen molar-refractivity contribution >= 4 is 23.2 Å². The van der Waals surface area contributed by atoms with Crippen LogP contribution in [-0.4, -0.2) is 18.1 Å². The van der Waals surface area contributed by atoms with Crippen LogP contribution in [0.3, 0.4) is 0 Å². The molecule has 6 heteroatoms. The maximum atomic E-state index is 6.22. The van der Waals surface area contributed by atoms with Crippen molar-refractivity contribution in [2.45, 2.75) is 19.6 Å². The SMILES string of the molecule is Clc1cccc(Cl)c1COc1ccccc1CNCCCOc1ccccn1. The summed E-state index contributed by atoms with van der Waals surface area (Å²) in [5.74, 6) is 1.47. The number of ether oxygens (including phenoxy) is 2. The smallest absolute Gasteiger partial charge is 0.213 e. The van der Waals surface area contributed by atoms with Crippen molar-refractivity contribution in [2.24, 2.45) is 0 Å². The Kier molecular flexibility index (Phi) is 7.97. The topological polar surface area (TPSA) is 43.4 Å². The fraction of sp³-hybridized carbons (Fsp3) is 0.227. The molecule has 0 bridgehead atoms. The highest BCUT2D eigenvalue weighted by Crippen LogP contribution is 2.27. The zero-order chi connectivity index (χ0) is 19.6. The molecule has 0 fully saturated rings. The lowest BCUT2D eigenvalue weighted by atomic mass is 10.2. The number of halogens is 2. The Balaban J connectivity index is 1.45. The molecule has 146 valence electrons. The molecule has 3 rings (SSSR count). The van der Waals surface area contributed by atoms with E-state index in [1.807, 2.05) is 60.7 Å². The van der Waals surface area contributed by atoms with Crippen molar-refractivity contribution in [1.82, 2.24) is 10.3 Å². The Morgan fingerprint density at radius 3 is 2.43 bits per heavy atom. The average Bonchev–Trinajstić information content (AvgIpc) is 2.72. The van der Waals surface area contributed by atoms with Gasteiger partial charge < -0.3 is 14.8 Å². The van der Waals surface area contributed by atoms with Gasteiger partial charge in [-0.3, -0.25) is 0 Å². The first-order valence-corrected chi connectivity index (χ1v) is 9.88. The fourth-order valence-corrected chi connectivity index (χ4v) is 3.15. The zero-order valence-electron chi connectivity index (χ0n) is 15.4. The number of nitrogens with zero attached hydrogens (tertiary/aromatic N) is 1. The van der Waals surface area contributed by atoms with Gasteiger partial charge in [-0.2, -0.15) is 0 Å². The molecule has 0 aliphatic heterocycles. The number of rotatable bonds is 10. The quantitative estimate of drug-likeness (QED) is 0.441. The summed E-state index contributed by atoms with van der Waals surface area (Å²) in [5, 5.41) is 4.63. The van der Waals surface area contributed by atoms with E-state index in [0.29, 0.717) is 35.7 Å². The molecule has 0 atom stereocenters. The highest BCUT2D eigenvalue weighted by molar-refractivity contribution is 6.35. The van der Waals surface area contributed by atoms with Crippen LogP contribution in [-0.2, 0) is 13.2 Å². The molecule has 0 spiro atoms. The van der Waals surface area contributed by atoms with Crippen LogP contribution in [0.5, 0.6) is 11.6 Å². The summed E-state index contributed by atoms with van der Waals surface area (Å²) >= 11 is 12.4. The molecule has 0 aliphatic rings. The van der Waals surface area contributed by atoms with E-state index in [2.05, 4.69) is 10.3 Å².